The molecule has 1 aromatic heterocycles. The average molecular weight is 494 g/mol. The first kappa shape index (κ1) is 24.8. The van der Waals surface area contributed by atoms with E-state index in [0.717, 1.165) is 43.0 Å². The molecule has 0 aliphatic carbocycles. The number of likely N-dealkylation sites (tertiary alicyclic amines) is 1. The number of halogens is 1. The zero-order chi connectivity index (χ0) is 25.2. The number of amidine groups is 1. The monoisotopic (exact) mass is 493 g/mol. The molecule has 3 aromatic rings. The number of para-hydroxylation sites is 1. The summed E-state index contributed by atoms with van der Waals surface area (Å²) in [5, 5.41) is 0.659. The van der Waals surface area contributed by atoms with Crippen molar-refractivity contribution in [1.82, 2.24) is 14.5 Å². The number of hydrogen-bond acceptors (Lipinski definition) is 5. The Hall–Kier alpha value is -3.32. The van der Waals surface area contributed by atoms with E-state index in [4.69, 9.17) is 26.3 Å². The summed E-state index contributed by atoms with van der Waals surface area (Å²) < 4.78 is 7.65. The molecule has 4 rings (SSSR count). The van der Waals surface area contributed by atoms with Gasteiger partial charge in [-0.05, 0) is 70.0 Å². The van der Waals surface area contributed by atoms with E-state index in [-0.39, 0.29) is 0 Å². The van der Waals surface area contributed by atoms with E-state index in [1.165, 1.54) is 0 Å². The summed E-state index contributed by atoms with van der Waals surface area (Å²) in [5.74, 6) is 1.21. The Morgan fingerprint density at radius 3 is 2.23 bits per heavy atom. The van der Waals surface area contributed by atoms with Gasteiger partial charge in [-0.25, -0.2) is 9.79 Å². The van der Waals surface area contributed by atoms with E-state index >= 15 is 0 Å². The number of carbonyl (C=O) groups excluding carboxylic acids is 1. The van der Waals surface area contributed by atoms with Crippen LogP contribution in [0, 0.1) is 0 Å². The number of aliphatic imine (C=N–C) groups is 1. The normalized spacial score (nSPS) is 14.3. The first-order valence-electron chi connectivity index (χ1n) is 11.8. The number of nitrogens with zero attached hydrogens (tertiary/aromatic N) is 5. The van der Waals surface area contributed by atoms with Crippen LogP contribution in [0.1, 0.15) is 49.7 Å². The summed E-state index contributed by atoms with van der Waals surface area (Å²) in [7, 11) is 3.80. The molecule has 2 heterocycles. The maximum absolute atomic E-state index is 13.6. The standard InChI is InChI=1S/C27H32ClN5O2/c1-27(2,3)35-25(34)22-23(30-26(31(4)5)33(22)21-11-7-6-8-12-21)29-24(32-17-9-10-18-32)19-13-15-20(28)16-14-19/h6-8,11-16H,9-10,17-18H2,1-5H3. The molecule has 0 radical (unpaired) electrons. The van der Waals surface area contributed by atoms with Gasteiger partial charge in [-0.2, -0.15) is 4.98 Å². The lowest BCUT2D eigenvalue weighted by Gasteiger charge is -2.22. The molecular formula is C27H32ClN5O2. The zero-order valence-electron chi connectivity index (χ0n) is 21.0. The molecule has 0 saturated carbocycles. The van der Waals surface area contributed by atoms with Crippen LogP contribution in [0.25, 0.3) is 5.69 Å². The van der Waals surface area contributed by atoms with Gasteiger partial charge in [0.05, 0.1) is 0 Å². The smallest absolute Gasteiger partial charge is 0.359 e. The Bertz CT molecular complexity index is 1200. The minimum absolute atomic E-state index is 0.292. The summed E-state index contributed by atoms with van der Waals surface area (Å²) in [4.78, 5) is 27.6. The second kappa shape index (κ2) is 10.1. The van der Waals surface area contributed by atoms with Gasteiger partial charge in [0.25, 0.3) is 0 Å². The highest BCUT2D eigenvalue weighted by atomic mass is 35.5. The van der Waals surface area contributed by atoms with Crippen molar-refractivity contribution in [2.45, 2.75) is 39.2 Å². The van der Waals surface area contributed by atoms with Crippen LogP contribution in [0.2, 0.25) is 5.02 Å². The lowest BCUT2D eigenvalue weighted by Crippen LogP contribution is -2.29. The Morgan fingerprint density at radius 2 is 1.66 bits per heavy atom. The third-order valence-electron chi connectivity index (χ3n) is 5.57. The van der Waals surface area contributed by atoms with Crippen molar-refractivity contribution in [2.24, 2.45) is 4.99 Å². The van der Waals surface area contributed by atoms with Crippen LogP contribution in [0.4, 0.5) is 11.8 Å². The van der Waals surface area contributed by atoms with Crippen LogP contribution in [0.3, 0.4) is 0 Å². The van der Waals surface area contributed by atoms with Gasteiger partial charge in [0.1, 0.15) is 11.4 Å². The van der Waals surface area contributed by atoms with E-state index in [1.807, 2.05) is 98.9 Å². The number of rotatable bonds is 5. The van der Waals surface area contributed by atoms with Crippen LogP contribution in [-0.2, 0) is 4.74 Å². The molecule has 7 nitrogen and oxygen atoms in total. The second-order valence-electron chi connectivity index (χ2n) is 9.79. The number of hydrogen-bond donors (Lipinski definition) is 0. The number of ether oxygens (including phenoxy) is 1. The minimum atomic E-state index is -0.671. The zero-order valence-corrected chi connectivity index (χ0v) is 21.7. The highest BCUT2D eigenvalue weighted by molar-refractivity contribution is 6.30. The van der Waals surface area contributed by atoms with Gasteiger partial charge in [-0.1, -0.05) is 29.8 Å². The quantitative estimate of drug-likeness (QED) is 0.258. The summed E-state index contributed by atoms with van der Waals surface area (Å²) >= 11 is 6.16. The molecule has 1 aliphatic heterocycles. The van der Waals surface area contributed by atoms with Crippen molar-refractivity contribution in [2.75, 3.05) is 32.1 Å². The van der Waals surface area contributed by atoms with Crippen LogP contribution in [0.15, 0.2) is 59.6 Å². The highest BCUT2D eigenvalue weighted by Crippen LogP contribution is 2.32. The van der Waals surface area contributed by atoms with E-state index in [2.05, 4.69) is 4.90 Å². The Balaban J connectivity index is 1.96. The SMILES string of the molecule is CN(C)c1nc(N=C(c2ccc(Cl)cc2)N2CCCC2)c(C(=O)OC(C)(C)C)n1-c1ccccc1. The largest absolute Gasteiger partial charge is 0.455 e. The Labute approximate surface area is 212 Å². The van der Waals surface area contributed by atoms with Gasteiger partial charge in [-0.3, -0.25) is 4.57 Å². The van der Waals surface area contributed by atoms with Crippen LogP contribution < -0.4 is 4.90 Å². The summed E-state index contributed by atoms with van der Waals surface area (Å²) in [6.07, 6.45) is 2.18. The fraction of sp³-hybridized carbons (Fsp3) is 0.370. The van der Waals surface area contributed by atoms with E-state index in [0.29, 0.717) is 22.5 Å². The predicted octanol–water partition coefficient (Wildman–Crippen LogP) is 5.72. The molecule has 0 spiro atoms. The minimum Gasteiger partial charge on any atom is -0.455 e. The highest BCUT2D eigenvalue weighted by Gasteiger charge is 2.30. The van der Waals surface area contributed by atoms with E-state index in [9.17, 15) is 4.79 Å². The molecule has 1 aliphatic rings. The Kier molecular flexibility index (Phi) is 7.17. The molecule has 8 heteroatoms. The maximum atomic E-state index is 13.6. The average Bonchev–Trinajstić information content (AvgIpc) is 3.46. The fourth-order valence-corrected chi connectivity index (χ4v) is 4.18. The van der Waals surface area contributed by atoms with Gasteiger partial charge in [0.15, 0.2) is 11.5 Å². The number of aromatic nitrogens is 2. The molecule has 1 saturated heterocycles. The number of esters is 1. The van der Waals surface area contributed by atoms with Crippen LogP contribution >= 0.6 is 11.6 Å². The van der Waals surface area contributed by atoms with Crippen molar-refractivity contribution >= 4 is 35.2 Å². The van der Waals surface area contributed by atoms with Gasteiger partial charge in [0, 0.05) is 43.5 Å². The van der Waals surface area contributed by atoms with Crippen LogP contribution in [0.5, 0.6) is 0 Å². The summed E-state index contributed by atoms with van der Waals surface area (Å²) in [5.41, 5.74) is 1.35. The number of benzene rings is 2. The van der Waals surface area contributed by atoms with Crippen molar-refractivity contribution < 1.29 is 9.53 Å². The first-order valence-corrected chi connectivity index (χ1v) is 12.2. The lowest BCUT2D eigenvalue weighted by atomic mass is 10.2. The molecule has 0 amide bonds. The lowest BCUT2D eigenvalue weighted by molar-refractivity contribution is 0.00617. The fourth-order valence-electron chi connectivity index (χ4n) is 4.05. The van der Waals surface area contributed by atoms with Crippen molar-refractivity contribution in [1.29, 1.82) is 0 Å². The molecular weight excluding hydrogens is 462 g/mol. The summed E-state index contributed by atoms with van der Waals surface area (Å²) in [6, 6.07) is 17.3. The molecule has 0 atom stereocenters. The van der Waals surface area contributed by atoms with E-state index in [1.54, 1.807) is 0 Å². The van der Waals surface area contributed by atoms with Crippen molar-refractivity contribution in [3.8, 4) is 5.69 Å². The number of anilines is 1. The number of carbonyl (C=O) groups is 1. The van der Waals surface area contributed by atoms with Gasteiger partial charge >= 0.3 is 5.97 Å². The van der Waals surface area contributed by atoms with Gasteiger partial charge in [-0.15, -0.1) is 0 Å². The van der Waals surface area contributed by atoms with Crippen molar-refractivity contribution in [3.05, 3.63) is 70.9 Å². The maximum Gasteiger partial charge on any atom is 0.359 e. The van der Waals surface area contributed by atoms with Crippen LogP contribution in [-0.4, -0.2) is 59.0 Å². The second-order valence-corrected chi connectivity index (χ2v) is 10.2. The third kappa shape index (κ3) is 5.68. The van der Waals surface area contributed by atoms with Crippen molar-refractivity contribution in [3.63, 3.8) is 0 Å². The molecule has 0 N–H and O–H groups in total. The molecule has 1 fully saturated rings. The topological polar surface area (TPSA) is 63.0 Å². The van der Waals surface area contributed by atoms with Gasteiger partial charge < -0.3 is 14.5 Å². The Morgan fingerprint density at radius 1 is 1.03 bits per heavy atom. The first-order chi connectivity index (χ1) is 16.6. The molecule has 2 aromatic carbocycles. The van der Waals surface area contributed by atoms with E-state index < -0.39 is 11.6 Å². The van der Waals surface area contributed by atoms with Gasteiger partial charge in [0.2, 0.25) is 5.95 Å². The summed E-state index contributed by atoms with van der Waals surface area (Å²) in [6.45, 7) is 7.35. The predicted molar refractivity (Wildman–Crippen MR) is 142 cm³/mol. The molecule has 184 valence electrons. The third-order valence-corrected chi connectivity index (χ3v) is 5.82. The number of imidazole rings is 1. The molecule has 0 bridgehead atoms. The molecule has 0 unspecified atom stereocenters. The molecule has 35 heavy (non-hydrogen) atoms.